The third kappa shape index (κ3) is 5.37. The van der Waals surface area contributed by atoms with Gasteiger partial charge < -0.3 is 19.7 Å². The first-order valence-electron chi connectivity index (χ1n) is 7.42. The van der Waals surface area contributed by atoms with E-state index in [2.05, 4.69) is 5.32 Å². The molecule has 0 saturated carbocycles. The highest BCUT2D eigenvalue weighted by molar-refractivity contribution is 5.91. The number of carbonyl (C=O) groups excluding carboxylic acids is 3. The van der Waals surface area contributed by atoms with Crippen LogP contribution in [0.2, 0.25) is 0 Å². The first-order chi connectivity index (χ1) is 11.1. The summed E-state index contributed by atoms with van der Waals surface area (Å²) in [6.45, 7) is 3.64. The molecule has 1 aromatic rings. The van der Waals surface area contributed by atoms with Crippen LogP contribution in [-0.4, -0.2) is 55.6 Å². The van der Waals surface area contributed by atoms with Crippen molar-refractivity contribution in [3.05, 3.63) is 35.4 Å². The van der Waals surface area contributed by atoms with E-state index in [1.807, 2.05) is 0 Å². The van der Waals surface area contributed by atoms with Gasteiger partial charge in [-0.3, -0.25) is 9.59 Å². The minimum atomic E-state index is -0.544. The predicted octanol–water partition coefficient (Wildman–Crippen LogP) is 0.338. The molecule has 1 heterocycles. The predicted molar refractivity (Wildman–Crippen MR) is 81.6 cm³/mol. The van der Waals surface area contributed by atoms with Gasteiger partial charge in [-0.2, -0.15) is 0 Å². The number of morpholine rings is 1. The number of hydrogen-bond donors (Lipinski definition) is 1. The van der Waals surface area contributed by atoms with E-state index in [0.29, 0.717) is 38.4 Å². The first kappa shape index (κ1) is 17.0. The van der Waals surface area contributed by atoms with Crippen molar-refractivity contribution in [3.8, 4) is 0 Å². The molecule has 1 saturated heterocycles. The Morgan fingerprint density at radius 3 is 2.43 bits per heavy atom. The van der Waals surface area contributed by atoms with Crippen LogP contribution < -0.4 is 5.32 Å². The van der Waals surface area contributed by atoms with Gasteiger partial charge >= 0.3 is 5.97 Å². The van der Waals surface area contributed by atoms with Gasteiger partial charge in [0.1, 0.15) is 0 Å². The lowest BCUT2D eigenvalue weighted by atomic mass is 10.1. The SMILES string of the molecule is CC(=O)NCc1ccc(C(=O)OCC(=O)N2CCOCC2)cc1. The Labute approximate surface area is 134 Å². The standard InChI is InChI=1S/C16H20N2O5/c1-12(19)17-10-13-2-4-14(5-3-13)16(21)23-11-15(20)18-6-8-22-9-7-18/h2-5H,6-11H2,1H3,(H,17,19). The Hall–Kier alpha value is -2.41. The maximum Gasteiger partial charge on any atom is 0.338 e. The van der Waals surface area contributed by atoms with Gasteiger partial charge in [-0.25, -0.2) is 4.79 Å². The average Bonchev–Trinajstić information content (AvgIpc) is 2.58. The molecule has 1 aliphatic heterocycles. The smallest absolute Gasteiger partial charge is 0.338 e. The van der Waals surface area contributed by atoms with Crippen molar-refractivity contribution in [1.29, 1.82) is 0 Å². The molecule has 0 aromatic heterocycles. The summed E-state index contributed by atoms with van der Waals surface area (Å²) in [4.78, 5) is 36.3. The Balaban J connectivity index is 1.80. The molecule has 1 N–H and O–H groups in total. The summed E-state index contributed by atoms with van der Waals surface area (Å²) in [6.07, 6.45) is 0. The van der Waals surface area contributed by atoms with Crippen molar-refractivity contribution in [3.63, 3.8) is 0 Å². The summed E-state index contributed by atoms with van der Waals surface area (Å²) in [7, 11) is 0. The lowest BCUT2D eigenvalue weighted by Gasteiger charge is -2.26. The van der Waals surface area contributed by atoms with E-state index in [1.54, 1.807) is 29.2 Å². The highest BCUT2D eigenvalue weighted by Gasteiger charge is 2.18. The molecule has 0 bridgehead atoms. The fourth-order valence-electron chi connectivity index (χ4n) is 2.10. The molecule has 2 rings (SSSR count). The molecular weight excluding hydrogens is 300 g/mol. The minimum Gasteiger partial charge on any atom is -0.452 e. The lowest BCUT2D eigenvalue weighted by Crippen LogP contribution is -2.42. The molecule has 2 amide bonds. The first-order valence-corrected chi connectivity index (χ1v) is 7.42. The van der Waals surface area contributed by atoms with Crippen LogP contribution in [-0.2, 0) is 25.6 Å². The number of rotatable bonds is 5. The third-order valence-corrected chi connectivity index (χ3v) is 3.42. The van der Waals surface area contributed by atoms with Crippen molar-refractivity contribution >= 4 is 17.8 Å². The second-order valence-electron chi connectivity index (χ2n) is 5.18. The number of esters is 1. The highest BCUT2D eigenvalue weighted by atomic mass is 16.5. The average molecular weight is 320 g/mol. The number of amides is 2. The van der Waals surface area contributed by atoms with Crippen molar-refractivity contribution in [2.24, 2.45) is 0 Å². The third-order valence-electron chi connectivity index (χ3n) is 3.42. The zero-order chi connectivity index (χ0) is 16.7. The van der Waals surface area contributed by atoms with Crippen LogP contribution in [0.3, 0.4) is 0 Å². The summed E-state index contributed by atoms with van der Waals surface area (Å²) < 4.78 is 10.2. The maximum absolute atomic E-state index is 11.9. The van der Waals surface area contributed by atoms with Crippen molar-refractivity contribution < 1.29 is 23.9 Å². The van der Waals surface area contributed by atoms with Gasteiger partial charge in [-0.15, -0.1) is 0 Å². The van der Waals surface area contributed by atoms with Crippen LogP contribution in [0.25, 0.3) is 0 Å². The van der Waals surface area contributed by atoms with Crippen LogP contribution in [0.4, 0.5) is 0 Å². The number of carbonyl (C=O) groups is 3. The monoisotopic (exact) mass is 320 g/mol. The largest absolute Gasteiger partial charge is 0.452 e. The molecule has 23 heavy (non-hydrogen) atoms. The van der Waals surface area contributed by atoms with Crippen molar-refractivity contribution in [1.82, 2.24) is 10.2 Å². The van der Waals surface area contributed by atoms with Gasteiger partial charge in [0.05, 0.1) is 18.8 Å². The summed E-state index contributed by atoms with van der Waals surface area (Å²) in [5.74, 6) is -0.878. The van der Waals surface area contributed by atoms with Gasteiger partial charge in [0, 0.05) is 26.6 Å². The zero-order valence-electron chi connectivity index (χ0n) is 13.0. The molecule has 0 radical (unpaired) electrons. The van der Waals surface area contributed by atoms with Crippen molar-refractivity contribution in [2.75, 3.05) is 32.9 Å². The summed E-state index contributed by atoms with van der Waals surface area (Å²) in [5, 5.41) is 2.67. The molecule has 0 atom stereocenters. The second kappa shape index (κ2) is 8.28. The van der Waals surface area contributed by atoms with E-state index < -0.39 is 5.97 Å². The van der Waals surface area contributed by atoms with Crippen LogP contribution in [0.5, 0.6) is 0 Å². The van der Waals surface area contributed by atoms with Crippen LogP contribution in [0, 0.1) is 0 Å². The van der Waals surface area contributed by atoms with Gasteiger partial charge in [-0.05, 0) is 17.7 Å². The van der Waals surface area contributed by atoms with Gasteiger partial charge in [0.15, 0.2) is 6.61 Å². The summed E-state index contributed by atoms with van der Waals surface area (Å²) in [6, 6.07) is 6.68. The Morgan fingerprint density at radius 2 is 1.83 bits per heavy atom. The van der Waals surface area contributed by atoms with E-state index in [-0.39, 0.29) is 18.4 Å². The van der Waals surface area contributed by atoms with E-state index in [4.69, 9.17) is 9.47 Å². The fraction of sp³-hybridized carbons (Fsp3) is 0.438. The molecule has 0 unspecified atom stereocenters. The molecular formula is C16H20N2O5. The zero-order valence-corrected chi connectivity index (χ0v) is 13.0. The van der Waals surface area contributed by atoms with E-state index in [1.165, 1.54) is 6.92 Å². The summed E-state index contributed by atoms with van der Waals surface area (Å²) >= 11 is 0. The van der Waals surface area contributed by atoms with E-state index >= 15 is 0 Å². The summed E-state index contributed by atoms with van der Waals surface area (Å²) in [5.41, 5.74) is 1.24. The molecule has 1 aliphatic rings. The van der Waals surface area contributed by atoms with Crippen LogP contribution >= 0.6 is 0 Å². The maximum atomic E-state index is 11.9. The minimum absolute atomic E-state index is 0.116. The second-order valence-corrected chi connectivity index (χ2v) is 5.18. The van der Waals surface area contributed by atoms with E-state index in [0.717, 1.165) is 5.56 Å². The van der Waals surface area contributed by atoms with Crippen LogP contribution in [0.15, 0.2) is 24.3 Å². The van der Waals surface area contributed by atoms with Gasteiger partial charge in [-0.1, -0.05) is 12.1 Å². The molecule has 124 valence electrons. The molecule has 0 spiro atoms. The molecule has 7 nitrogen and oxygen atoms in total. The number of hydrogen-bond acceptors (Lipinski definition) is 5. The topological polar surface area (TPSA) is 84.9 Å². The number of ether oxygens (including phenoxy) is 2. The molecule has 1 fully saturated rings. The lowest BCUT2D eigenvalue weighted by molar-refractivity contribution is -0.138. The Bertz CT molecular complexity index is 564. The normalized spacial score (nSPS) is 14.2. The van der Waals surface area contributed by atoms with Gasteiger partial charge in [0.2, 0.25) is 5.91 Å². The molecule has 1 aromatic carbocycles. The van der Waals surface area contributed by atoms with Crippen molar-refractivity contribution in [2.45, 2.75) is 13.5 Å². The number of nitrogens with one attached hydrogen (secondary N) is 1. The fourth-order valence-corrected chi connectivity index (χ4v) is 2.10. The Morgan fingerprint density at radius 1 is 1.17 bits per heavy atom. The quantitative estimate of drug-likeness (QED) is 0.791. The molecule has 0 aliphatic carbocycles. The molecule has 7 heteroatoms. The number of benzene rings is 1. The van der Waals surface area contributed by atoms with Crippen LogP contribution in [0.1, 0.15) is 22.8 Å². The highest BCUT2D eigenvalue weighted by Crippen LogP contribution is 2.07. The Kier molecular flexibility index (Phi) is 6.10. The number of nitrogens with zero attached hydrogens (tertiary/aromatic N) is 1. The van der Waals surface area contributed by atoms with E-state index in [9.17, 15) is 14.4 Å². The van der Waals surface area contributed by atoms with Gasteiger partial charge in [0.25, 0.3) is 5.91 Å².